The van der Waals surface area contributed by atoms with Gasteiger partial charge in [0.05, 0.1) is 13.2 Å². The van der Waals surface area contributed by atoms with Crippen LogP contribution >= 0.6 is 24.0 Å². The largest absolute Gasteiger partial charge is 0.475 e. The molecule has 0 saturated carbocycles. The SMILES string of the molecule is CCNC(=NCc1ccc(OCCOC)nc1)NCC(CC)(CC)CCO.I. The van der Waals surface area contributed by atoms with Crippen LogP contribution in [0.25, 0.3) is 0 Å². The Labute approximate surface area is 186 Å². The Morgan fingerprint density at radius 3 is 2.46 bits per heavy atom. The summed E-state index contributed by atoms with van der Waals surface area (Å²) in [5.74, 6) is 1.37. The third-order valence-electron chi connectivity index (χ3n) is 4.87. The molecule has 0 unspecified atom stereocenters. The van der Waals surface area contributed by atoms with Crippen molar-refractivity contribution in [1.82, 2.24) is 15.6 Å². The number of aromatic nitrogens is 1. The van der Waals surface area contributed by atoms with E-state index in [4.69, 9.17) is 9.47 Å². The first-order chi connectivity index (χ1) is 13.1. The number of nitrogens with zero attached hydrogens (tertiary/aromatic N) is 2. The Morgan fingerprint density at radius 1 is 1.18 bits per heavy atom. The highest BCUT2D eigenvalue weighted by Gasteiger charge is 2.25. The molecule has 0 bridgehead atoms. The number of hydrogen-bond donors (Lipinski definition) is 3. The topological polar surface area (TPSA) is 88.0 Å². The van der Waals surface area contributed by atoms with Gasteiger partial charge in [0.1, 0.15) is 6.61 Å². The second-order valence-electron chi connectivity index (χ2n) is 6.58. The van der Waals surface area contributed by atoms with Crippen LogP contribution in [0.2, 0.25) is 0 Å². The van der Waals surface area contributed by atoms with Crippen molar-refractivity contribution in [2.24, 2.45) is 10.4 Å². The summed E-state index contributed by atoms with van der Waals surface area (Å²) in [7, 11) is 1.64. The van der Waals surface area contributed by atoms with Gasteiger partial charge >= 0.3 is 0 Å². The van der Waals surface area contributed by atoms with Gasteiger partial charge in [-0.3, -0.25) is 0 Å². The molecular formula is C20H37IN4O3. The zero-order chi connectivity index (χ0) is 20.0. The van der Waals surface area contributed by atoms with E-state index in [-0.39, 0.29) is 36.0 Å². The summed E-state index contributed by atoms with van der Waals surface area (Å²) in [5, 5.41) is 16.1. The maximum atomic E-state index is 9.38. The second-order valence-corrected chi connectivity index (χ2v) is 6.58. The van der Waals surface area contributed by atoms with Gasteiger partial charge in [-0.1, -0.05) is 19.9 Å². The number of aliphatic hydroxyl groups is 1. The monoisotopic (exact) mass is 508 g/mol. The predicted octanol–water partition coefficient (Wildman–Crippen LogP) is 2.97. The average molecular weight is 508 g/mol. The van der Waals surface area contributed by atoms with E-state index in [1.807, 2.05) is 19.1 Å². The lowest BCUT2D eigenvalue weighted by Crippen LogP contribution is -2.43. The Balaban J connectivity index is 0.00000729. The first kappa shape index (κ1) is 26.9. The number of halogens is 1. The maximum absolute atomic E-state index is 9.38. The number of rotatable bonds is 13. The highest BCUT2D eigenvalue weighted by Crippen LogP contribution is 2.29. The molecular weight excluding hydrogens is 471 g/mol. The predicted molar refractivity (Wildman–Crippen MR) is 125 cm³/mol. The third-order valence-corrected chi connectivity index (χ3v) is 4.87. The van der Waals surface area contributed by atoms with Crippen LogP contribution in [0.15, 0.2) is 23.3 Å². The Morgan fingerprint density at radius 2 is 1.93 bits per heavy atom. The van der Waals surface area contributed by atoms with E-state index in [0.717, 1.165) is 43.9 Å². The molecule has 0 spiro atoms. The number of ether oxygens (including phenoxy) is 2. The molecule has 3 N–H and O–H groups in total. The minimum absolute atomic E-state index is 0. The van der Waals surface area contributed by atoms with Crippen molar-refractivity contribution in [1.29, 1.82) is 0 Å². The zero-order valence-electron chi connectivity index (χ0n) is 17.7. The molecule has 28 heavy (non-hydrogen) atoms. The number of nitrogens with one attached hydrogen (secondary N) is 2. The number of methoxy groups -OCH3 is 1. The van der Waals surface area contributed by atoms with Crippen LogP contribution in [0.5, 0.6) is 5.88 Å². The summed E-state index contributed by atoms with van der Waals surface area (Å²) >= 11 is 0. The van der Waals surface area contributed by atoms with Crippen LogP contribution < -0.4 is 15.4 Å². The number of hydrogen-bond acceptors (Lipinski definition) is 5. The van der Waals surface area contributed by atoms with Gasteiger partial charge in [0.2, 0.25) is 5.88 Å². The van der Waals surface area contributed by atoms with Gasteiger partial charge in [0, 0.05) is 39.1 Å². The molecule has 8 heteroatoms. The van der Waals surface area contributed by atoms with E-state index in [9.17, 15) is 5.11 Å². The van der Waals surface area contributed by atoms with Crippen LogP contribution in [0.1, 0.15) is 45.6 Å². The quantitative estimate of drug-likeness (QED) is 0.164. The van der Waals surface area contributed by atoms with Crippen molar-refractivity contribution in [3.8, 4) is 5.88 Å². The van der Waals surface area contributed by atoms with Crippen molar-refractivity contribution in [3.63, 3.8) is 0 Å². The lowest BCUT2D eigenvalue weighted by molar-refractivity contribution is 0.143. The fourth-order valence-corrected chi connectivity index (χ4v) is 2.78. The van der Waals surface area contributed by atoms with E-state index < -0.39 is 0 Å². The third kappa shape index (κ3) is 9.88. The summed E-state index contributed by atoms with van der Waals surface area (Å²) in [6.45, 7) is 9.75. The molecule has 1 aromatic heterocycles. The average Bonchev–Trinajstić information content (AvgIpc) is 2.70. The van der Waals surface area contributed by atoms with E-state index in [0.29, 0.717) is 25.6 Å². The zero-order valence-corrected chi connectivity index (χ0v) is 20.0. The highest BCUT2D eigenvalue weighted by molar-refractivity contribution is 14.0. The van der Waals surface area contributed by atoms with Crippen molar-refractivity contribution in [3.05, 3.63) is 23.9 Å². The Kier molecular flexibility index (Phi) is 15.1. The van der Waals surface area contributed by atoms with Gasteiger partial charge in [-0.15, -0.1) is 24.0 Å². The first-order valence-corrected chi connectivity index (χ1v) is 9.82. The standard InChI is InChI=1S/C20H36N4O3.HI/c1-5-20(6-2,10-11-25)16-24-19(21-7-3)23-15-17-8-9-18(22-14-17)27-13-12-26-4;/h8-9,14,25H,5-7,10-13,15-16H2,1-4H3,(H2,21,23,24);1H. The molecule has 0 atom stereocenters. The normalized spacial score (nSPS) is 11.7. The summed E-state index contributed by atoms with van der Waals surface area (Å²) in [6, 6.07) is 3.82. The van der Waals surface area contributed by atoms with E-state index in [1.165, 1.54) is 0 Å². The van der Waals surface area contributed by atoms with E-state index in [2.05, 4.69) is 34.5 Å². The summed E-state index contributed by atoms with van der Waals surface area (Å²) < 4.78 is 10.4. The number of pyridine rings is 1. The lowest BCUT2D eigenvalue weighted by Gasteiger charge is -2.32. The van der Waals surface area contributed by atoms with Crippen molar-refractivity contribution >= 4 is 29.9 Å². The smallest absolute Gasteiger partial charge is 0.213 e. The first-order valence-electron chi connectivity index (χ1n) is 9.82. The maximum Gasteiger partial charge on any atom is 0.213 e. The molecule has 0 amide bonds. The van der Waals surface area contributed by atoms with Crippen LogP contribution in [-0.2, 0) is 11.3 Å². The fourth-order valence-electron chi connectivity index (χ4n) is 2.78. The summed E-state index contributed by atoms with van der Waals surface area (Å²) in [5.41, 5.74) is 1.10. The molecule has 1 rings (SSSR count). The molecule has 0 aliphatic rings. The number of aliphatic hydroxyl groups excluding tert-OH is 1. The summed E-state index contributed by atoms with van der Waals surface area (Å²) in [4.78, 5) is 8.95. The van der Waals surface area contributed by atoms with E-state index >= 15 is 0 Å². The Bertz CT molecular complexity index is 537. The van der Waals surface area contributed by atoms with E-state index in [1.54, 1.807) is 13.3 Å². The van der Waals surface area contributed by atoms with Gasteiger partial charge < -0.3 is 25.2 Å². The van der Waals surface area contributed by atoms with Gasteiger partial charge in [-0.2, -0.15) is 0 Å². The molecule has 162 valence electrons. The second kappa shape index (κ2) is 15.8. The molecule has 0 aromatic carbocycles. The van der Waals surface area contributed by atoms with Gasteiger partial charge in [0.15, 0.2) is 5.96 Å². The van der Waals surface area contributed by atoms with Crippen molar-refractivity contribution in [2.45, 2.75) is 46.6 Å². The van der Waals surface area contributed by atoms with Gasteiger partial charge in [-0.05, 0) is 37.2 Å². The highest BCUT2D eigenvalue weighted by atomic mass is 127. The van der Waals surface area contributed by atoms with Crippen molar-refractivity contribution < 1.29 is 14.6 Å². The molecule has 0 saturated heterocycles. The number of guanidine groups is 1. The number of aliphatic imine (C=N–C) groups is 1. The lowest BCUT2D eigenvalue weighted by atomic mass is 9.79. The van der Waals surface area contributed by atoms with Crippen LogP contribution in [0.4, 0.5) is 0 Å². The molecule has 1 aromatic rings. The fraction of sp³-hybridized carbons (Fsp3) is 0.700. The minimum atomic E-state index is 0. The van der Waals surface area contributed by atoms with Gasteiger partial charge in [0.25, 0.3) is 0 Å². The molecule has 0 fully saturated rings. The van der Waals surface area contributed by atoms with Crippen LogP contribution in [0.3, 0.4) is 0 Å². The molecule has 1 heterocycles. The summed E-state index contributed by atoms with van der Waals surface area (Å²) in [6.07, 6.45) is 4.61. The van der Waals surface area contributed by atoms with Crippen LogP contribution in [0, 0.1) is 5.41 Å². The van der Waals surface area contributed by atoms with Crippen LogP contribution in [-0.4, -0.2) is 56.1 Å². The van der Waals surface area contributed by atoms with Gasteiger partial charge in [-0.25, -0.2) is 9.98 Å². The Hall–Kier alpha value is -1.13. The molecule has 0 aliphatic heterocycles. The molecule has 7 nitrogen and oxygen atoms in total. The minimum Gasteiger partial charge on any atom is -0.475 e. The molecule has 0 radical (unpaired) electrons. The van der Waals surface area contributed by atoms with Crippen molar-refractivity contribution in [2.75, 3.05) is 40.0 Å². The molecule has 0 aliphatic carbocycles.